The molecule has 0 radical (unpaired) electrons. The highest BCUT2D eigenvalue weighted by Crippen LogP contribution is 2.36. The second-order valence-electron chi connectivity index (χ2n) is 8.19. The molecule has 2 aromatic carbocycles. The summed E-state index contributed by atoms with van der Waals surface area (Å²) in [6.45, 7) is 8.19. The third kappa shape index (κ3) is 6.44. The fourth-order valence-electron chi connectivity index (χ4n) is 3.71. The Labute approximate surface area is 205 Å². The van der Waals surface area contributed by atoms with Crippen LogP contribution in [-0.4, -0.2) is 24.7 Å². The van der Waals surface area contributed by atoms with Gasteiger partial charge in [-0.05, 0) is 62.6 Å². The third-order valence-corrected chi connectivity index (χ3v) is 5.34. The van der Waals surface area contributed by atoms with Gasteiger partial charge in [-0.2, -0.15) is 0 Å². The van der Waals surface area contributed by atoms with Gasteiger partial charge < -0.3 is 24.8 Å². The summed E-state index contributed by atoms with van der Waals surface area (Å²) in [6.07, 6.45) is 1.02. The van der Waals surface area contributed by atoms with E-state index in [1.165, 1.54) is 0 Å². The number of rotatable bonds is 10. The van der Waals surface area contributed by atoms with Gasteiger partial charge in [-0.15, -0.1) is 0 Å². The molecule has 182 valence electrons. The molecule has 1 aliphatic rings. The SMILES string of the molecule is CCCC1=C(C(=O)OC(C)C)C(c2ccc(OCc3cccc(Cl)c3)c(OCC)c2)NC(=O)N1. The van der Waals surface area contributed by atoms with Crippen molar-refractivity contribution in [2.24, 2.45) is 0 Å². The number of benzene rings is 2. The minimum Gasteiger partial charge on any atom is -0.490 e. The van der Waals surface area contributed by atoms with Gasteiger partial charge in [0.1, 0.15) is 6.61 Å². The standard InChI is InChI=1S/C26H31ClN2O5/c1-5-8-20-23(25(30)34-16(3)4)24(29-26(31)28-20)18-11-12-21(22(14-18)32-6-2)33-15-17-9-7-10-19(27)13-17/h7,9-14,16,24H,5-6,8,15H2,1-4H3,(H2,28,29,31). The summed E-state index contributed by atoms with van der Waals surface area (Å²) in [5.41, 5.74) is 2.58. The number of carbonyl (C=O) groups is 2. The van der Waals surface area contributed by atoms with Crippen LogP contribution >= 0.6 is 11.6 Å². The number of hydrogen-bond acceptors (Lipinski definition) is 5. The highest BCUT2D eigenvalue weighted by molar-refractivity contribution is 6.30. The molecule has 2 N–H and O–H groups in total. The maximum Gasteiger partial charge on any atom is 0.338 e. The zero-order valence-corrected chi connectivity index (χ0v) is 20.7. The number of urea groups is 1. The van der Waals surface area contributed by atoms with E-state index in [-0.39, 0.29) is 12.1 Å². The average molecular weight is 487 g/mol. The molecule has 0 saturated carbocycles. The Hall–Kier alpha value is -3.19. The molecule has 3 rings (SSSR count). The Morgan fingerprint density at radius 1 is 1.09 bits per heavy atom. The van der Waals surface area contributed by atoms with Gasteiger partial charge in [-0.3, -0.25) is 0 Å². The van der Waals surface area contributed by atoms with Gasteiger partial charge >= 0.3 is 12.0 Å². The van der Waals surface area contributed by atoms with Gasteiger partial charge in [-0.1, -0.05) is 43.1 Å². The Morgan fingerprint density at radius 2 is 1.88 bits per heavy atom. The van der Waals surface area contributed by atoms with Gasteiger partial charge in [-0.25, -0.2) is 9.59 Å². The molecule has 0 aromatic heterocycles. The van der Waals surface area contributed by atoms with Gasteiger partial charge in [0.05, 0.1) is 24.3 Å². The van der Waals surface area contributed by atoms with Gasteiger partial charge in [0.2, 0.25) is 0 Å². The highest BCUT2D eigenvalue weighted by atomic mass is 35.5. The quantitative estimate of drug-likeness (QED) is 0.422. The molecule has 1 atom stereocenters. The van der Waals surface area contributed by atoms with Crippen molar-refractivity contribution in [3.05, 3.63) is 69.9 Å². The van der Waals surface area contributed by atoms with Crippen LogP contribution in [0.3, 0.4) is 0 Å². The summed E-state index contributed by atoms with van der Waals surface area (Å²) < 4.78 is 17.3. The average Bonchev–Trinajstić information content (AvgIpc) is 2.77. The predicted octanol–water partition coefficient (Wildman–Crippen LogP) is 5.68. The molecular weight excluding hydrogens is 456 g/mol. The summed E-state index contributed by atoms with van der Waals surface area (Å²) in [5, 5.41) is 6.27. The third-order valence-electron chi connectivity index (χ3n) is 5.10. The number of allylic oxidation sites excluding steroid dienone is 1. The van der Waals surface area contributed by atoms with Gasteiger partial charge in [0.15, 0.2) is 11.5 Å². The van der Waals surface area contributed by atoms with Crippen molar-refractivity contribution in [1.82, 2.24) is 10.6 Å². The van der Waals surface area contributed by atoms with Crippen molar-refractivity contribution in [1.29, 1.82) is 0 Å². The van der Waals surface area contributed by atoms with Crippen LogP contribution in [0.1, 0.15) is 57.7 Å². The minimum absolute atomic E-state index is 0.289. The lowest BCUT2D eigenvalue weighted by molar-refractivity contribution is -0.143. The van der Waals surface area contributed by atoms with Crippen molar-refractivity contribution in [3.63, 3.8) is 0 Å². The Balaban J connectivity index is 1.95. The Morgan fingerprint density at radius 3 is 2.56 bits per heavy atom. The van der Waals surface area contributed by atoms with Crippen molar-refractivity contribution < 1.29 is 23.8 Å². The van der Waals surface area contributed by atoms with Crippen molar-refractivity contribution in [3.8, 4) is 11.5 Å². The van der Waals surface area contributed by atoms with Crippen LogP contribution in [0.25, 0.3) is 0 Å². The lowest BCUT2D eigenvalue weighted by atomic mass is 9.93. The maximum atomic E-state index is 13.0. The summed E-state index contributed by atoms with van der Waals surface area (Å²) in [5.74, 6) is 0.605. The normalized spacial score (nSPS) is 15.6. The fourth-order valence-corrected chi connectivity index (χ4v) is 3.93. The van der Waals surface area contributed by atoms with Crippen LogP contribution in [-0.2, 0) is 16.1 Å². The number of ether oxygens (including phenoxy) is 3. The lowest BCUT2D eigenvalue weighted by Gasteiger charge is -2.30. The first kappa shape index (κ1) is 25.4. The smallest absolute Gasteiger partial charge is 0.338 e. The van der Waals surface area contributed by atoms with E-state index in [1.807, 2.05) is 38.1 Å². The summed E-state index contributed by atoms with van der Waals surface area (Å²) >= 11 is 6.07. The largest absolute Gasteiger partial charge is 0.490 e. The van der Waals surface area contributed by atoms with Crippen LogP contribution < -0.4 is 20.1 Å². The molecule has 34 heavy (non-hydrogen) atoms. The van der Waals surface area contributed by atoms with E-state index < -0.39 is 12.0 Å². The minimum atomic E-state index is -0.678. The number of amides is 2. The van der Waals surface area contributed by atoms with E-state index in [0.29, 0.717) is 53.0 Å². The second-order valence-corrected chi connectivity index (χ2v) is 8.62. The van der Waals surface area contributed by atoms with Crippen LogP contribution in [0, 0.1) is 0 Å². The molecule has 7 nitrogen and oxygen atoms in total. The Bertz CT molecular complexity index is 1070. The number of hydrogen-bond donors (Lipinski definition) is 2. The van der Waals surface area contributed by atoms with Gasteiger partial charge in [0.25, 0.3) is 0 Å². The predicted molar refractivity (Wildman–Crippen MR) is 131 cm³/mol. The van der Waals surface area contributed by atoms with Crippen LogP contribution in [0.5, 0.6) is 11.5 Å². The molecule has 1 aliphatic heterocycles. The summed E-state index contributed by atoms with van der Waals surface area (Å²) in [4.78, 5) is 25.4. The number of carbonyl (C=O) groups excluding carboxylic acids is 2. The number of nitrogens with one attached hydrogen (secondary N) is 2. The molecule has 0 fully saturated rings. The molecule has 0 spiro atoms. The van der Waals surface area contributed by atoms with Crippen LogP contribution in [0.15, 0.2) is 53.7 Å². The van der Waals surface area contributed by atoms with E-state index in [2.05, 4.69) is 10.6 Å². The van der Waals surface area contributed by atoms with Crippen molar-refractivity contribution >= 4 is 23.6 Å². The summed E-state index contributed by atoms with van der Waals surface area (Å²) in [6, 6.07) is 11.8. The lowest BCUT2D eigenvalue weighted by Crippen LogP contribution is -2.46. The molecule has 0 aliphatic carbocycles. The molecule has 0 saturated heterocycles. The van der Waals surface area contributed by atoms with Crippen LogP contribution in [0.4, 0.5) is 4.79 Å². The maximum absolute atomic E-state index is 13.0. The van der Waals surface area contributed by atoms with Crippen molar-refractivity contribution in [2.75, 3.05) is 6.61 Å². The molecule has 2 aromatic rings. The van der Waals surface area contributed by atoms with Crippen LogP contribution in [0.2, 0.25) is 5.02 Å². The number of halogens is 1. The van der Waals surface area contributed by atoms with Crippen molar-refractivity contribution in [2.45, 2.75) is 59.3 Å². The first-order valence-electron chi connectivity index (χ1n) is 11.5. The van der Waals surface area contributed by atoms with E-state index in [4.69, 9.17) is 25.8 Å². The molecular formula is C26H31ClN2O5. The van der Waals surface area contributed by atoms with E-state index >= 15 is 0 Å². The molecule has 1 unspecified atom stereocenters. The van der Waals surface area contributed by atoms with E-state index in [1.54, 1.807) is 32.0 Å². The molecule has 1 heterocycles. The number of esters is 1. The molecule has 2 amide bonds. The fraction of sp³-hybridized carbons (Fsp3) is 0.385. The topological polar surface area (TPSA) is 85.9 Å². The van der Waals surface area contributed by atoms with E-state index in [0.717, 1.165) is 12.0 Å². The first-order chi connectivity index (χ1) is 16.3. The monoisotopic (exact) mass is 486 g/mol. The first-order valence-corrected chi connectivity index (χ1v) is 11.9. The highest BCUT2D eigenvalue weighted by Gasteiger charge is 2.34. The zero-order valence-electron chi connectivity index (χ0n) is 19.9. The van der Waals surface area contributed by atoms with E-state index in [9.17, 15) is 9.59 Å². The molecule has 0 bridgehead atoms. The van der Waals surface area contributed by atoms with Gasteiger partial charge in [0, 0.05) is 10.7 Å². The second kappa shape index (κ2) is 11.8. The molecule has 8 heteroatoms. The Kier molecular flexibility index (Phi) is 8.82. The summed E-state index contributed by atoms with van der Waals surface area (Å²) in [7, 11) is 0. The zero-order chi connectivity index (χ0) is 24.7.